The predicted molar refractivity (Wildman–Crippen MR) is 86.5 cm³/mol. The Labute approximate surface area is 136 Å². The van der Waals surface area contributed by atoms with Gasteiger partial charge in [0, 0.05) is 18.7 Å². The molecule has 0 radical (unpaired) electrons. The van der Waals surface area contributed by atoms with Crippen molar-refractivity contribution in [2.75, 3.05) is 18.0 Å². The third kappa shape index (κ3) is 3.65. The number of hydrogen-bond donors (Lipinski definition) is 1. The molecule has 3 rings (SSSR count). The highest BCUT2D eigenvalue weighted by Crippen LogP contribution is 2.31. The van der Waals surface area contributed by atoms with E-state index in [1.54, 1.807) is 4.90 Å². The van der Waals surface area contributed by atoms with Gasteiger partial charge in [-0.05, 0) is 43.2 Å². The van der Waals surface area contributed by atoms with E-state index in [1.807, 2.05) is 0 Å². The molecule has 1 saturated carbocycles. The molecule has 2 aliphatic rings. The lowest BCUT2D eigenvalue weighted by Gasteiger charge is -2.33. The molecule has 1 aromatic carbocycles. The first kappa shape index (κ1) is 16.2. The van der Waals surface area contributed by atoms with Crippen LogP contribution in [0.25, 0.3) is 0 Å². The van der Waals surface area contributed by atoms with Crippen LogP contribution in [0, 0.1) is 17.6 Å². The Balaban J connectivity index is 1.68. The number of nitrogens with zero attached hydrogens (tertiary/aromatic N) is 1. The van der Waals surface area contributed by atoms with Crippen LogP contribution in [-0.4, -0.2) is 25.0 Å². The molecule has 3 nitrogen and oxygen atoms in total. The van der Waals surface area contributed by atoms with Crippen LogP contribution in [0.5, 0.6) is 0 Å². The van der Waals surface area contributed by atoms with Crippen molar-refractivity contribution < 1.29 is 13.6 Å². The molecular weight excluding hydrogens is 298 g/mol. The van der Waals surface area contributed by atoms with Crippen LogP contribution in [0.2, 0.25) is 0 Å². The minimum atomic E-state index is -0.571. The Morgan fingerprint density at radius 2 is 2.04 bits per heavy atom. The van der Waals surface area contributed by atoms with Crippen molar-refractivity contribution in [1.82, 2.24) is 5.32 Å². The number of benzene rings is 1. The summed E-state index contributed by atoms with van der Waals surface area (Å²) in [5.41, 5.74) is 1.05. The number of aryl methyl sites for hydroxylation is 1. The van der Waals surface area contributed by atoms with Crippen molar-refractivity contribution in [3.05, 3.63) is 29.3 Å². The number of anilines is 1. The molecule has 1 aliphatic heterocycles. The lowest BCUT2D eigenvalue weighted by molar-refractivity contribution is -0.121. The molecule has 23 heavy (non-hydrogen) atoms. The molecule has 1 aromatic rings. The van der Waals surface area contributed by atoms with E-state index in [0.29, 0.717) is 30.1 Å². The fraction of sp³-hybridized carbons (Fsp3) is 0.611. The fourth-order valence-corrected chi connectivity index (χ4v) is 3.85. The molecule has 126 valence electrons. The van der Waals surface area contributed by atoms with Gasteiger partial charge in [-0.1, -0.05) is 19.8 Å². The summed E-state index contributed by atoms with van der Waals surface area (Å²) in [5, 5.41) is 3.10. The van der Waals surface area contributed by atoms with Crippen molar-refractivity contribution in [2.45, 2.75) is 51.5 Å². The largest absolute Gasteiger partial charge is 0.360 e. The Bertz CT molecular complexity index is 591. The topological polar surface area (TPSA) is 32.3 Å². The second-order valence-electron chi connectivity index (χ2n) is 6.86. The highest BCUT2D eigenvalue weighted by Gasteiger charge is 2.26. The second kappa shape index (κ2) is 6.85. The average molecular weight is 322 g/mol. The third-order valence-electron chi connectivity index (χ3n) is 5.09. The Hall–Kier alpha value is -1.65. The molecule has 0 aromatic heterocycles. The average Bonchev–Trinajstić information content (AvgIpc) is 2.49. The summed E-state index contributed by atoms with van der Waals surface area (Å²) in [5.74, 6) is -0.699. The van der Waals surface area contributed by atoms with Crippen LogP contribution in [0.3, 0.4) is 0 Å². The SMILES string of the molecule is CC1CCCCC1NC(=O)CN1CCCc2cc(F)cc(F)c21. The quantitative estimate of drug-likeness (QED) is 0.925. The molecule has 5 heteroatoms. The van der Waals surface area contributed by atoms with Crippen LogP contribution in [0.4, 0.5) is 14.5 Å². The van der Waals surface area contributed by atoms with E-state index in [2.05, 4.69) is 12.2 Å². The van der Waals surface area contributed by atoms with Gasteiger partial charge in [0.25, 0.3) is 0 Å². The van der Waals surface area contributed by atoms with Crippen molar-refractivity contribution in [3.63, 3.8) is 0 Å². The van der Waals surface area contributed by atoms with Crippen molar-refractivity contribution in [1.29, 1.82) is 0 Å². The number of halogens is 2. The maximum absolute atomic E-state index is 14.1. The van der Waals surface area contributed by atoms with Gasteiger partial charge >= 0.3 is 0 Å². The highest BCUT2D eigenvalue weighted by atomic mass is 19.1. The number of rotatable bonds is 3. The minimum absolute atomic E-state index is 0.0691. The normalized spacial score (nSPS) is 24.2. The number of carbonyl (C=O) groups excluding carboxylic acids is 1. The van der Waals surface area contributed by atoms with Gasteiger partial charge in [-0.3, -0.25) is 4.79 Å². The first-order valence-corrected chi connectivity index (χ1v) is 8.57. The summed E-state index contributed by atoms with van der Waals surface area (Å²) in [6.07, 6.45) is 6.00. The number of fused-ring (bicyclic) bond motifs is 1. The van der Waals surface area contributed by atoms with Crippen LogP contribution in [-0.2, 0) is 11.2 Å². The maximum Gasteiger partial charge on any atom is 0.239 e. The van der Waals surface area contributed by atoms with Gasteiger partial charge in [-0.25, -0.2) is 8.78 Å². The molecule has 1 fully saturated rings. The highest BCUT2D eigenvalue weighted by molar-refractivity contribution is 5.82. The van der Waals surface area contributed by atoms with Gasteiger partial charge in [0.05, 0.1) is 12.2 Å². The van der Waals surface area contributed by atoms with Crippen LogP contribution in [0.15, 0.2) is 12.1 Å². The number of amides is 1. The number of hydrogen-bond acceptors (Lipinski definition) is 2. The molecule has 2 atom stereocenters. The fourth-order valence-electron chi connectivity index (χ4n) is 3.85. The summed E-state index contributed by atoms with van der Waals surface area (Å²) in [7, 11) is 0. The third-order valence-corrected chi connectivity index (χ3v) is 5.09. The molecule has 0 bridgehead atoms. The summed E-state index contributed by atoms with van der Waals surface area (Å²) in [6.45, 7) is 2.94. The predicted octanol–water partition coefficient (Wildman–Crippen LogP) is 3.41. The second-order valence-corrected chi connectivity index (χ2v) is 6.86. The molecule has 0 spiro atoms. The zero-order chi connectivity index (χ0) is 16.4. The monoisotopic (exact) mass is 322 g/mol. The standard InChI is InChI=1S/C18H24F2N2O/c1-12-5-2-3-7-16(12)21-17(23)11-22-8-4-6-13-9-14(19)10-15(20)18(13)22/h9-10,12,16H,2-8,11H2,1H3,(H,21,23). The van der Waals surface area contributed by atoms with Gasteiger partial charge in [-0.15, -0.1) is 0 Å². The lowest BCUT2D eigenvalue weighted by atomic mass is 9.86. The smallest absolute Gasteiger partial charge is 0.239 e. The van der Waals surface area contributed by atoms with Crippen molar-refractivity contribution in [3.8, 4) is 0 Å². The summed E-state index contributed by atoms with van der Waals surface area (Å²) in [4.78, 5) is 14.1. The molecule has 1 N–H and O–H groups in total. The Morgan fingerprint density at radius 3 is 2.83 bits per heavy atom. The Kier molecular flexibility index (Phi) is 4.83. The van der Waals surface area contributed by atoms with E-state index in [1.165, 1.54) is 12.5 Å². The Morgan fingerprint density at radius 1 is 1.26 bits per heavy atom. The number of carbonyl (C=O) groups is 1. The van der Waals surface area contributed by atoms with Gasteiger partial charge in [0.2, 0.25) is 5.91 Å². The van der Waals surface area contributed by atoms with E-state index >= 15 is 0 Å². The van der Waals surface area contributed by atoms with E-state index < -0.39 is 11.6 Å². The first-order chi connectivity index (χ1) is 11.0. The zero-order valence-electron chi connectivity index (χ0n) is 13.6. The maximum atomic E-state index is 14.1. The van der Waals surface area contributed by atoms with E-state index in [-0.39, 0.29) is 18.5 Å². The van der Waals surface area contributed by atoms with Gasteiger partial charge < -0.3 is 10.2 Å². The van der Waals surface area contributed by atoms with Gasteiger partial charge in [-0.2, -0.15) is 0 Å². The molecule has 1 aliphatic carbocycles. The van der Waals surface area contributed by atoms with Crippen LogP contribution >= 0.6 is 0 Å². The lowest BCUT2D eigenvalue weighted by Crippen LogP contribution is -2.46. The molecule has 1 heterocycles. The van der Waals surface area contributed by atoms with Crippen molar-refractivity contribution in [2.24, 2.45) is 5.92 Å². The summed E-state index contributed by atoms with van der Waals surface area (Å²) < 4.78 is 27.5. The minimum Gasteiger partial charge on any atom is -0.360 e. The molecular formula is C18H24F2N2O. The van der Waals surface area contributed by atoms with Crippen LogP contribution in [0.1, 0.15) is 44.6 Å². The molecule has 0 saturated heterocycles. The summed E-state index contributed by atoms with van der Waals surface area (Å²) >= 11 is 0. The van der Waals surface area contributed by atoms with E-state index in [4.69, 9.17) is 0 Å². The van der Waals surface area contributed by atoms with Crippen molar-refractivity contribution >= 4 is 11.6 Å². The van der Waals surface area contributed by atoms with E-state index in [9.17, 15) is 13.6 Å². The first-order valence-electron chi connectivity index (χ1n) is 8.57. The summed E-state index contributed by atoms with van der Waals surface area (Å²) in [6, 6.07) is 2.50. The zero-order valence-corrected chi connectivity index (χ0v) is 13.6. The van der Waals surface area contributed by atoms with Crippen LogP contribution < -0.4 is 10.2 Å². The van der Waals surface area contributed by atoms with Gasteiger partial charge in [0.15, 0.2) is 0 Å². The van der Waals surface area contributed by atoms with Gasteiger partial charge in [0.1, 0.15) is 11.6 Å². The molecule has 2 unspecified atom stereocenters. The molecule has 1 amide bonds. The number of nitrogens with one attached hydrogen (secondary N) is 1. The van der Waals surface area contributed by atoms with E-state index in [0.717, 1.165) is 31.7 Å².